The fraction of sp³-hybridized carbons (Fsp3) is 0.333. The number of thiophene rings is 1. The number of benzene rings is 1. The van der Waals surface area contributed by atoms with E-state index >= 15 is 0 Å². The standard InChI is InChI=1S/C15H16Br2S/c1-8-7-9(2)11(4)14(10(8)3)15(17)12-5-6-13(16)18-12/h5-7,15H,1-4H3. The first-order valence-electron chi connectivity index (χ1n) is 5.88. The van der Waals surface area contributed by atoms with Crippen molar-refractivity contribution in [2.45, 2.75) is 32.5 Å². The Hall–Kier alpha value is -0.120. The van der Waals surface area contributed by atoms with Gasteiger partial charge in [0.2, 0.25) is 0 Å². The summed E-state index contributed by atoms with van der Waals surface area (Å²) in [7, 11) is 0. The Morgan fingerprint density at radius 3 is 2.00 bits per heavy atom. The molecule has 18 heavy (non-hydrogen) atoms. The van der Waals surface area contributed by atoms with E-state index in [0.29, 0.717) is 0 Å². The number of rotatable bonds is 2. The monoisotopic (exact) mass is 386 g/mol. The molecular formula is C15H16Br2S. The molecule has 1 heterocycles. The van der Waals surface area contributed by atoms with Crippen molar-refractivity contribution in [1.82, 2.24) is 0 Å². The molecular weight excluding hydrogens is 372 g/mol. The number of alkyl halides is 1. The summed E-state index contributed by atoms with van der Waals surface area (Å²) in [5, 5.41) is 0. The smallest absolute Gasteiger partial charge is 0.0743 e. The van der Waals surface area contributed by atoms with Crippen LogP contribution in [0.3, 0.4) is 0 Å². The summed E-state index contributed by atoms with van der Waals surface area (Å²) in [5.41, 5.74) is 6.94. The van der Waals surface area contributed by atoms with Crippen molar-refractivity contribution < 1.29 is 0 Å². The van der Waals surface area contributed by atoms with Gasteiger partial charge in [-0.15, -0.1) is 11.3 Å². The third kappa shape index (κ3) is 2.59. The molecule has 0 bridgehead atoms. The molecule has 1 unspecified atom stereocenters. The van der Waals surface area contributed by atoms with Crippen LogP contribution in [0, 0.1) is 27.7 Å². The van der Waals surface area contributed by atoms with Gasteiger partial charge in [-0.3, -0.25) is 0 Å². The van der Waals surface area contributed by atoms with Crippen LogP contribution in [-0.4, -0.2) is 0 Å². The lowest BCUT2D eigenvalue weighted by Gasteiger charge is -2.19. The third-order valence-corrected chi connectivity index (χ3v) is 6.46. The second-order valence-electron chi connectivity index (χ2n) is 4.68. The normalized spacial score (nSPS) is 12.8. The van der Waals surface area contributed by atoms with Gasteiger partial charge in [-0.25, -0.2) is 0 Å². The van der Waals surface area contributed by atoms with Gasteiger partial charge in [-0.1, -0.05) is 22.0 Å². The van der Waals surface area contributed by atoms with E-state index in [-0.39, 0.29) is 4.83 Å². The minimum absolute atomic E-state index is 0.285. The average molecular weight is 388 g/mol. The molecule has 2 rings (SSSR count). The predicted octanol–water partition coefficient (Wildman–Crippen LogP) is 6.23. The minimum Gasteiger partial charge on any atom is -0.132 e. The van der Waals surface area contributed by atoms with Crippen LogP contribution in [0.2, 0.25) is 0 Å². The molecule has 0 aliphatic rings. The van der Waals surface area contributed by atoms with E-state index in [1.807, 2.05) is 0 Å². The number of halogens is 2. The van der Waals surface area contributed by atoms with Crippen molar-refractivity contribution in [2.75, 3.05) is 0 Å². The SMILES string of the molecule is Cc1cc(C)c(C)c(C(Br)c2ccc(Br)s2)c1C. The topological polar surface area (TPSA) is 0 Å². The lowest BCUT2D eigenvalue weighted by atomic mass is 9.92. The van der Waals surface area contributed by atoms with Gasteiger partial charge in [0, 0.05) is 4.88 Å². The first-order chi connectivity index (χ1) is 8.41. The molecule has 96 valence electrons. The lowest BCUT2D eigenvalue weighted by molar-refractivity contribution is 1.09. The molecule has 1 atom stereocenters. The van der Waals surface area contributed by atoms with E-state index in [0.717, 1.165) is 0 Å². The highest BCUT2D eigenvalue weighted by atomic mass is 79.9. The van der Waals surface area contributed by atoms with Gasteiger partial charge in [-0.05, 0) is 83.6 Å². The van der Waals surface area contributed by atoms with Crippen LogP contribution in [0.4, 0.5) is 0 Å². The Bertz CT molecular complexity index is 558. The minimum atomic E-state index is 0.285. The van der Waals surface area contributed by atoms with Crippen molar-refractivity contribution in [1.29, 1.82) is 0 Å². The van der Waals surface area contributed by atoms with Gasteiger partial charge in [0.25, 0.3) is 0 Å². The first kappa shape index (κ1) is 14.3. The molecule has 2 aromatic rings. The highest BCUT2D eigenvalue weighted by Crippen LogP contribution is 2.41. The Morgan fingerprint density at radius 2 is 1.56 bits per heavy atom. The van der Waals surface area contributed by atoms with Crippen LogP contribution in [0.25, 0.3) is 0 Å². The highest BCUT2D eigenvalue weighted by Gasteiger charge is 2.19. The Balaban J connectivity index is 2.57. The van der Waals surface area contributed by atoms with E-state index in [4.69, 9.17) is 0 Å². The van der Waals surface area contributed by atoms with E-state index < -0.39 is 0 Å². The molecule has 0 N–H and O–H groups in total. The number of hydrogen-bond acceptors (Lipinski definition) is 1. The summed E-state index contributed by atoms with van der Waals surface area (Å²) in [6.45, 7) is 8.81. The van der Waals surface area contributed by atoms with Gasteiger partial charge >= 0.3 is 0 Å². The maximum atomic E-state index is 3.87. The molecule has 0 aliphatic carbocycles. The second-order valence-corrected chi connectivity index (χ2v) is 8.09. The van der Waals surface area contributed by atoms with E-state index in [9.17, 15) is 0 Å². The second kappa shape index (κ2) is 5.48. The van der Waals surface area contributed by atoms with E-state index in [2.05, 4.69) is 77.8 Å². The molecule has 0 saturated carbocycles. The molecule has 0 aliphatic heterocycles. The molecule has 0 saturated heterocycles. The maximum absolute atomic E-state index is 3.87. The molecule has 0 spiro atoms. The maximum Gasteiger partial charge on any atom is 0.0743 e. The van der Waals surface area contributed by atoms with Gasteiger partial charge in [0.15, 0.2) is 0 Å². The average Bonchev–Trinajstić information content (AvgIpc) is 2.73. The van der Waals surface area contributed by atoms with Crippen molar-refractivity contribution >= 4 is 43.2 Å². The quantitative estimate of drug-likeness (QED) is 0.535. The van der Waals surface area contributed by atoms with Gasteiger partial charge in [0.1, 0.15) is 0 Å². The van der Waals surface area contributed by atoms with Crippen LogP contribution < -0.4 is 0 Å². The number of hydrogen-bond donors (Lipinski definition) is 0. The first-order valence-corrected chi connectivity index (χ1v) is 8.41. The van der Waals surface area contributed by atoms with Crippen molar-refractivity contribution in [3.8, 4) is 0 Å². The molecule has 3 heteroatoms. The molecule has 0 radical (unpaired) electrons. The fourth-order valence-corrected chi connectivity index (χ4v) is 4.77. The molecule has 1 aromatic heterocycles. The van der Waals surface area contributed by atoms with Crippen molar-refractivity contribution in [3.63, 3.8) is 0 Å². The van der Waals surface area contributed by atoms with Gasteiger partial charge < -0.3 is 0 Å². The third-order valence-electron chi connectivity index (χ3n) is 3.52. The zero-order chi connectivity index (χ0) is 13.4. The van der Waals surface area contributed by atoms with Crippen LogP contribution >= 0.6 is 43.2 Å². The van der Waals surface area contributed by atoms with Crippen molar-refractivity contribution in [3.05, 3.63) is 54.7 Å². The molecule has 0 fully saturated rings. The molecule has 0 amide bonds. The van der Waals surface area contributed by atoms with E-state index in [1.165, 1.54) is 36.5 Å². The van der Waals surface area contributed by atoms with Crippen LogP contribution in [0.1, 0.15) is 37.5 Å². The Labute approximate surface area is 130 Å². The summed E-state index contributed by atoms with van der Waals surface area (Å²) in [6.07, 6.45) is 0. The Kier molecular flexibility index (Phi) is 4.35. The predicted molar refractivity (Wildman–Crippen MR) is 88.2 cm³/mol. The van der Waals surface area contributed by atoms with E-state index in [1.54, 1.807) is 11.3 Å². The summed E-state index contributed by atoms with van der Waals surface area (Å²) in [5.74, 6) is 0. The molecule has 1 aromatic carbocycles. The highest BCUT2D eigenvalue weighted by molar-refractivity contribution is 9.11. The zero-order valence-corrected chi connectivity index (χ0v) is 15.0. The largest absolute Gasteiger partial charge is 0.132 e. The molecule has 0 nitrogen and oxygen atoms in total. The van der Waals surface area contributed by atoms with Crippen LogP contribution in [-0.2, 0) is 0 Å². The summed E-state index contributed by atoms with van der Waals surface area (Å²) < 4.78 is 1.18. The lowest BCUT2D eigenvalue weighted by Crippen LogP contribution is -2.02. The summed E-state index contributed by atoms with van der Waals surface area (Å²) >= 11 is 9.19. The summed E-state index contributed by atoms with van der Waals surface area (Å²) in [6, 6.07) is 6.57. The van der Waals surface area contributed by atoms with Gasteiger partial charge in [-0.2, -0.15) is 0 Å². The Morgan fingerprint density at radius 1 is 1.00 bits per heavy atom. The summed E-state index contributed by atoms with van der Waals surface area (Å²) in [4.78, 5) is 1.63. The van der Waals surface area contributed by atoms with Crippen LogP contribution in [0.15, 0.2) is 22.0 Å². The van der Waals surface area contributed by atoms with Crippen LogP contribution in [0.5, 0.6) is 0 Å². The van der Waals surface area contributed by atoms with Crippen molar-refractivity contribution in [2.24, 2.45) is 0 Å². The zero-order valence-electron chi connectivity index (χ0n) is 11.0. The fourth-order valence-electron chi connectivity index (χ4n) is 2.23. The van der Waals surface area contributed by atoms with Gasteiger partial charge in [0.05, 0.1) is 8.61 Å². The number of aryl methyl sites for hydroxylation is 2.